The van der Waals surface area contributed by atoms with Gasteiger partial charge in [0, 0.05) is 29.4 Å². The molecule has 0 fully saturated rings. The highest BCUT2D eigenvalue weighted by atomic mass is 35.5. The Morgan fingerprint density at radius 2 is 1.73 bits per heavy atom. The lowest BCUT2D eigenvalue weighted by Crippen LogP contribution is -2.16. The van der Waals surface area contributed by atoms with Crippen molar-refractivity contribution in [2.45, 2.75) is 27.2 Å². The number of carbonyl (C=O) groups excluding carboxylic acids is 1. The van der Waals surface area contributed by atoms with Gasteiger partial charge in [0.05, 0.1) is 0 Å². The van der Waals surface area contributed by atoms with Crippen LogP contribution in [0, 0.1) is 20.8 Å². The molecule has 2 aromatic rings. The van der Waals surface area contributed by atoms with Crippen LogP contribution in [-0.4, -0.2) is 12.5 Å². The number of hydrogen-bond donors (Lipinski definition) is 2. The molecule has 3 nitrogen and oxygen atoms in total. The predicted octanol–water partition coefficient (Wildman–Crippen LogP) is 4.71. The summed E-state index contributed by atoms with van der Waals surface area (Å²) in [7, 11) is 0. The topological polar surface area (TPSA) is 41.1 Å². The summed E-state index contributed by atoms with van der Waals surface area (Å²) in [6, 6.07) is 11.7. The number of aryl methyl sites for hydroxylation is 3. The Hall–Kier alpha value is -2.00. The van der Waals surface area contributed by atoms with E-state index in [9.17, 15) is 4.79 Å². The Kier molecular flexibility index (Phi) is 5.45. The standard InChI is InChI=1S/C18H21ClN2O/c1-12-8-13(2)10-16(9-12)21-18(22)6-7-20-17-11-15(19)5-4-14(17)3/h4-5,8-11,20H,6-7H2,1-3H3,(H,21,22). The van der Waals surface area contributed by atoms with Crippen LogP contribution in [0.4, 0.5) is 11.4 Å². The van der Waals surface area contributed by atoms with Crippen molar-refractivity contribution in [3.63, 3.8) is 0 Å². The van der Waals surface area contributed by atoms with Crippen molar-refractivity contribution in [1.29, 1.82) is 0 Å². The van der Waals surface area contributed by atoms with Gasteiger partial charge >= 0.3 is 0 Å². The number of hydrogen-bond acceptors (Lipinski definition) is 2. The Bertz CT molecular complexity index is 663. The summed E-state index contributed by atoms with van der Waals surface area (Å²) in [6.07, 6.45) is 0.402. The van der Waals surface area contributed by atoms with E-state index >= 15 is 0 Å². The van der Waals surface area contributed by atoms with Gasteiger partial charge in [0.2, 0.25) is 5.91 Å². The second-order valence-corrected chi connectivity index (χ2v) is 6.00. The minimum atomic E-state index is -0.00261. The van der Waals surface area contributed by atoms with Crippen LogP contribution in [0.3, 0.4) is 0 Å². The molecule has 0 bridgehead atoms. The predicted molar refractivity (Wildman–Crippen MR) is 93.8 cm³/mol. The minimum Gasteiger partial charge on any atom is -0.384 e. The largest absolute Gasteiger partial charge is 0.384 e. The van der Waals surface area contributed by atoms with Gasteiger partial charge < -0.3 is 10.6 Å². The molecule has 0 aliphatic heterocycles. The molecule has 0 unspecified atom stereocenters. The second kappa shape index (κ2) is 7.32. The summed E-state index contributed by atoms with van der Waals surface area (Å²) < 4.78 is 0. The Balaban J connectivity index is 1.86. The van der Waals surface area contributed by atoms with E-state index in [0.29, 0.717) is 18.0 Å². The summed E-state index contributed by atoms with van der Waals surface area (Å²) in [5, 5.41) is 6.87. The average Bonchev–Trinajstić information content (AvgIpc) is 2.41. The third kappa shape index (κ3) is 4.78. The smallest absolute Gasteiger partial charge is 0.226 e. The van der Waals surface area contributed by atoms with Crippen LogP contribution < -0.4 is 10.6 Å². The molecule has 0 atom stereocenters. The van der Waals surface area contributed by atoms with Crippen molar-refractivity contribution in [1.82, 2.24) is 0 Å². The van der Waals surface area contributed by atoms with Crippen molar-refractivity contribution in [3.8, 4) is 0 Å². The zero-order chi connectivity index (χ0) is 16.1. The molecule has 4 heteroatoms. The Morgan fingerprint density at radius 3 is 2.41 bits per heavy atom. The van der Waals surface area contributed by atoms with E-state index in [1.54, 1.807) is 0 Å². The van der Waals surface area contributed by atoms with E-state index in [0.717, 1.165) is 28.1 Å². The number of benzene rings is 2. The van der Waals surface area contributed by atoms with Gasteiger partial charge in [-0.2, -0.15) is 0 Å². The lowest BCUT2D eigenvalue weighted by Gasteiger charge is -2.11. The van der Waals surface area contributed by atoms with Gasteiger partial charge in [0.1, 0.15) is 0 Å². The van der Waals surface area contributed by atoms with Crippen LogP contribution in [-0.2, 0) is 4.79 Å². The number of halogens is 1. The molecule has 116 valence electrons. The van der Waals surface area contributed by atoms with Crippen LogP contribution in [0.5, 0.6) is 0 Å². The van der Waals surface area contributed by atoms with E-state index < -0.39 is 0 Å². The molecule has 2 rings (SSSR count). The van der Waals surface area contributed by atoms with Gasteiger partial charge in [-0.15, -0.1) is 0 Å². The maximum absolute atomic E-state index is 12.0. The van der Waals surface area contributed by atoms with Gasteiger partial charge in [0.15, 0.2) is 0 Å². The van der Waals surface area contributed by atoms with Crippen molar-refractivity contribution in [3.05, 3.63) is 58.1 Å². The molecule has 2 N–H and O–H groups in total. The molecule has 0 spiro atoms. The number of anilines is 2. The molecule has 0 aliphatic rings. The van der Waals surface area contributed by atoms with Crippen LogP contribution in [0.15, 0.2) is 36.4 Å². The van der Waals surface area contributed by atoms with E-state index in [2.05, 4.69) is 16.7 Å². The number of carbonyl (C=O) groups is 1. The molecule has 0 heterocycles. The molecule has 0 radical (unpaired) electrons. The lowest BCUT2D eigenvalue weighted by atomic mass is 10.1. The Morgan fingerprint density at radius 1 is 1.05 bits per heavy atom. The van der Waals surface area contributed by atoms with Crippen LogP contribution >= 0.6 is 11.6 Å². The molecule has 0 aromatic heterocycles. The minimum absolute atomic E-state index is 0.00261. The first-order chi connectivity index (χ1) is 10.4. The van der Waals surface area contributed by atoms with Crippen molar-refractivity contribution in [2.24, 2.45) is 0 Å². The molecule has 2 aromatic carbocycles. The maximum atomic E-state index is 12.0. The van der Waals surface area contributed by atoms with E-state index in [-0.39, 0.29) is 5.91 Å². The van der Waals surface area contributed by atoms with Gasteiger partial charge in [-0.1, -0.05) is 23.7 Å². The van der Waals surface area contributed by atoms with Crippen molar-refractivity contribution >= 4 is 28.9 Å². The summed E-state index contributed by atoms with van der Waals surface area (Å²) >= 11 is 5.98. The van der Waals surface area contributed by atoms with Crippen LogP contribution in [0.2, 0.25) is 5.02 Å². The molecule has 0 aliphatic carbocycles. The number of rotatable bonds is 5. The molecule has 0 saturated heterocycles. The monoisotopic (exact) mass is 316 g/mol. The van der Waals surface area contributed by atoms with Crippen molar-refractivity contribution in [2.75, 3.05) is 17.2 Å². The number of amides is 1. The zero-order valence-corrected chi connectivity index (χ0v) is 13.9. The highest BCUT2D eigenvalue weighted by Crippen LogP contribution is 2.20. The Labute approximate surface area is 136 Å². The van der Waals surface area contributed by atoms with Crippen molar-refractivity contribution < 1.29 is 4.79 Å². The zero-order valence-electron chi connectivity index (χ0n) is 13.2. The molecular weight excluding hydrogens is 296 g/mol. The summed E-state index contributed by atoms with van der Waals surface area (Å²) in [4.78, 5) is 12.0. The molecule has 1 amide bonds. The maximum Gasteiger partial charge on any atom is 0.226 e. The van der Waals surface area contributed by atoms with E-state index in [4.69, 9.17) is 11.6 Å². The summed E-state index contributed by atoms with van der Waals surface area (Å²) in [6.45, 7) is 6.62. The molecule has 0 saturated carbocycles. The van der Waals surface area contributed by atoms with Gasteiger partial charge in [-0.05, 0) is 61.7 Å². The second-order valence-electron chi connectivity index (χ2n) is 5.56. The highest BCUT2D eigenvalue weighted by Gasteiger charge is 2.04. The fraction of sp³-hybridized carbons (Fsp3) is 0.278. The van der Waals surface area contributed by atoms with Gasteiger partial charge in [-0.3, -0.25) is 4.79 Å². The normalized spacial score (nSPS) is 10.4. The fourth-order valence-corrected chi connectivity index (χ4v) is 2.54. The highest BCUT2D eigenvalue weighted by molar-refractivity contribution is 6.30. The first kappa shape index (κ1) is 16.4. The van der Waals surface area contributed by atoms with Gasteiger partial charge in [0.25, 0.3) is 0 Å². The first-order valence-corrected chi connectivity index (χ1v) is 7.70. The summed E-state index contributed by atoms with van der Waals surface area (Å²) in [5.41, 5.74) is 5.21. The first-order valence-electron chi connectivity index (χ1n) is 7.32. The SMILES string of the molecule is Cc1cc(C)cc(NC(=O)CCNc2cc(Cl)ccc2C)c1. The van der Waals surface area contributed by atoms with E-state index in [1.165, 1.54) is 0 Å². The molecular formula is C18H21ClN2O. The quantitative estimate of drug-likeness (QED) is 0.839. The number of nitrogens with one attached hydrogen (secondary N) is 2. The van der Waals surface area contributed by atoms with Crippen LogP contribution in [0.1, 0.15) is 23.1 Å². The fourth-order valence-electron chi connectivity index (χ4n) is 2.37. The lowest BCUT2D eigenvalue weighted by molar-refractivity contribution is -0.115. The third-order valence-corrected chi connectivity index (χ3v) is 3.61. The molecule has 22 heavy (non-hydrogen) atoms. The average molecular weight is 317 g/mol. The van der Waals surface area contributed by atoms with E-state index in [1.807, 2.05) is 51.1 Å². The van der Waals surface area contributed by atoms with Crippen LogP contribution in [0.25, 0.3) is 0 Å². The summed E-state index contributed by atoms with van der Waals surface area (Å²) in [5.74, 6) is -0.00261. The third-order valence-electron chi connectivity index (χ3n) is 3.37. The van der Waals surface area contributed by atoms with Gasteiger partial charge in [-0.25, -0.2) is 0 Å².